The fourth-order valence-corrected chi connectivity index (χ4v) is 13.0. The molecule has 0 bridgehead atoms. The number of oxazole rings is 4. The zero-order chi connectivity index (χ0) is 97.2. The lowest BCUT2D eigenvalue weighted by molar-refractivity contribution is 0.0510. The second-order valence-corrected chi connectivity index (χ2v) is 49.8. The van der Waals surface area contributed by atoms with Crippen LogP contribution >= 0.6 is 31.9 Å². The molecular formula is C87H128Br2N12O25SSi3. The van der Waals surface area contributed by atoms with Crippen molar-refractivity contribution in [1.29, 1.82) is 0 Å². The van der Waals surface area contributed by atoms with Gasteiger partial charge in [0.1, 0.15) is 48.1 Å². The number of hydrogen-bond donors (Lipinski definition) is 4. The molecule has 0 amide bonds. The first-order valence-electron chi connectivity index (χ1n) is 41.7. The Balaban J connectivity index is 0.000000397. The van der Waals surface area contributed by atoms with Crippen LogP contribution in [-0.2, 0) is 53.6 Å². The quantitative estimate of drug-likeness (QED) is 0.00923. The molecule has 0 saturated heterocycles. The van der Waals surface area contributed by atoms with Crippen molar-refractivity contribution in [2.75, 3.05) is 104 Å². The fraction of sp³-hybridized carbons (Fsp3) is 0.494. The Morgan fingerprint density at radius 1 is 0.454 bits per heavy atom. The zero-order valence-electron chi connectivity index (χ0n) is 78.1. The average molecular weight is 2020 g/mol. The molecule has 5 N–H and O–H groups in total. The van der Waals surface area contributed by atoms with E-state index in [-0.39, 0.29) is 108 Å². The van der Waals surface area contributed by atoms with Crippen LogP contribution in [0, 0.1) is 0 Å². The maximum absolute atomic E-state index is 11.8. The number of hydrogen-bond acceptors (Lipinski definition) is 36. The number of aromatic hydroxyl groups is 1. The number of esters is 4. The van der Waals surface area contributed by atoms with Crippen molar-refractivity contribution in [3.05, 3.63) is 168 Å². The van der Waals surface area contributed by atoms with E-state index in [2.05, 4.69) is 197 Å². The molecule has 10 heterocycles. The predicted octanol–water partition coefficient (Wildman–Crippen LogP) is 17.5. The number of ether oxygens (including phenoxy) is 8. The number of carbonyl (C=O) groups excluding carboxylic acids is 4. The van der Waals surface area contributed by atoms with E-state index in [0.29, 0.717) is 96.6 Å². The van der Waals surface area contributed by atoms with Crippen LogP contribution in [0.3, 0.4) is 0 Å². The third-order valence-corrected chi connectivity index (χ3v) is 34.3. The zero-order valence-corrected chi connectivity index (χ0v) is 85.1. The van der Waals surface area contributed by atoms with Crippen LogP contribution in [-0.4, -0.2) is 226 Å². The van der Waals surface area contributed by atoms with Gasteiger partial charge in [-0.3, -0.25) is 33.8 Å². The first-order valence-corrected chi connectivity index (χ1v) is 53.8. The maximum atomic E-state index is 11.8. The highest BCUT2D eigenvalue weighted by atomic mass is 79.9. The monoisotopic (exact) mass is 2010 g/mol. The molecule has 0 aliphatic heterocycles. The summed E-state index contributed by atoms with van der Waals surface area (Å²) in [6.07, 6.45) is 29.6. The topological polar surface area (TPSA) is 486 Å². The van der Waals surface area contributed by atoms with E-state index < -0.39 is 58.9 Å². The Bertz CT molecular complexity index is 4980. The number of halogens is 2. The first kappa shape index (κ1) is 114. The van der Waals surface area contributed by atoms with E-state index >= 15 is 0 Å². The third-order valence-electron chi connectivity index (χ3n) is 18.7. The van der Waals surface area contributed by atoms with E-state index in [9.17, 15) is 27.6 Å². The fourth-order valence-electron chi connectivity index (χ4n) is 8.78. The molecular weight excluding hydrogens is 1890 g/mol. The Hall–Kier alpha value is -10.2. The van der Waals surface area contributed by atoms with E-state index in [1.54, 1.807) is 106 Å². The second kappa shape index (κ2) is 58.6. The molecule has 10 aromatic heterocycles. The van der Waals surface area contributed by atoms with Crippen LogP contribution in [0.1, 0.15) is 164 Å². The Labute approximate surface area is 781 Å². The van der Waals surface area contributed by atoms with Crippen molar-refractivity contribution in [2.24, 2.45) is 7.05 Å². The van der Waals surface area contributed by atoms with Gasteiger partial charge < -0.3 is 89.9 Å². The molecule has 10 rings (SSSR count). The van der Waals surface area contributed by atoms with Crippen LogP contribution in [0.15, 0.2) is 163 Å². The summed E-state index contributed by atoms with van der Waals surface area (Å²) in [5.74, 6) is 1.02. The van der Waals surface area contributed by atoms with Crippen LogP contribution in [0.2, 0.25) is 54.4 Å². The molecule has 0 unspecified atom stereocenters. The number of nitrogens with two attached hydrogens (primary N) is 1. The van der Waals surface area contributed by atoms with Gasteiger partial charge in [-0.2, -0.15) is 13.5 Å². The normalized spacial score (nSPS) is 11.3. The third kappa shape index (κ3) is 43.2. The minimum absolute atomic E-state index is 0.0143. The molecule has 0 spiro atoms. The Morgan fingerprint density at radius 3 is 1.07 bits per heavy atom. The van der Waals surface area contributed by atoms with E-state index in [0.717, 1.165) is 42.3 Å². The van der Waals surface area contributed by atoms with Crippen LogP contribution < -0.4 is 24.7 Å². The number of aliphatic hydroxyl groups is 2. The minimum Gasteiger partial charge on any atom is -0.505 e. The number of carbonyl (C=O) groups is 4. The molecule has 0 aliphatic carbocycles. The summed E-state index contributed by atoms with van der Waals surface area (Å²) in [5, 5.41) is 30.7. The molecule has 0 fully saturated rings. The summed E-state index contributed by atoms with van der Waals surface area (Å²) >= 11 is 6.54. The number of nitrogens with zero attached hydrogens (tertiary/aromatic N) is 11. The number of anilines is 1. The van der Waals surface area contributed by atoms with Crippen molar-refractivity contribution < 1.29 is 116 Å². The summed E-state index contributed by atoms with van der Waals surface area (Å²) < 4.78 is 110. The van der Waals surface area contributed by atoms with Gasteiger partial charge in [0.05, 0.1) is 134 Å². The molecule has 43 heteroatoms. The van der Waals surface area contributed by atoms with Crippen LogP contribution in [0.25, 0.3) is 34.4 Å². The first-order chi connectivity index (χ1) is 61.3. The van der Waals surface area contributed by atoms with E-state index in [1.165, 1.54) is 56.2 Å². The Morgan fingerprint density at radius 2 is 0.777 bits per heavy atom. The lowest BCUT2D eigenvalue weighted by Crippen LogP contribution is -2.41. The lowest BCUT2D eigenvalue weighted by Gasteiger charge is -2.36. The molecule has 0 saturated carbocycles. The average Bonchev–Trinajstić information content (AvgIpc) is 1.48. The maximum Gasteiger partial charge on any atom is 0.360 e. The largest absolute Gasteiger partial charge is 0.505 e. The molecule has 130 heavy (non-hydrogen) atoms. The summed E-state index contributed by atoms with van der Waals surface area (Å²) in [6.45, 7) is 45.7. The van der Waals surface area contributed by atoms with Gasteiger partial charge in [-0.15, -0.1) is 0 Å². The molecule has 37 nitrogen and oxygen atoms in total. The molecule has 0 aromatic carbocycles. The standard InChI is InChI=1S/C20H30N2O5Si.C15H18N2O7S.C14H24BrNO2Si.C14H16N2O5.C9H22O2Si.C6H7NO3.C5H4BrNO.C4H7N3/c1-7-24-19(23)16-14-26-18(22-16)15-9-10-21-13-17(15)25-11-8-12-27-28(5,6)20(2,3)4;1-3-21-15(18)12-10-23-14(17-12)11-5-6-16-9-13(11)22-7-4-8-24-25(2,19)20;1-14(2,3)19(4,5)18-10-6-9-17-13-11-16-8-7-12(13)15;1-2-19-14(18)11-9-21-13(16-11)10-4-5-15-8-12(10)20-7-3-6-17;1-9(2,3)12(4,5)11-8-6-7-10;1-2-10-6(8)5-3-9-4-7-5;6-4-1-2-7-3-5(4)8;1-7-3-4(5)2-6-7/h9-10,13-14H,7-8,11-12H2,1-6H3;5-6,9-10H,3-4,7-8H2,1-2H3;7-8,11H,6,9-10H2,1-5H3;4-5,8-9,17H,2-3,6-7H2,1H3;10H,6-8H2,1-5H3;3-4H,2H2,1H3;1-3,8H;2-3H,5H2,1H3. The summed E-state index contributed by atoms with van der Waals surface area (Å²) in [7, 11) is -6.56. The van der Waals surface area contributed by atoms with Gasteiger partial charge in [0.15, 0.2) is 59.9 Å². The van der Waals surface area contributed by atoms with Crippen LogP contribution in [0.5, 0.6) is 28.7 Å². The van der Waals surface area contributed by atoms with Crippen molar-refractivity contribution in [3.63, 3.8) is 0 Å². The lowest BCUT2D eigenvalue weighted by atomic mass is 10.2. The van der Waals surface area contributed by atoms with Crippen molar-refractivity contribution >= 4 is 96.5 Å². The number of rotatable bonds is 37. The Kier molecular flexibility index (Phi) is 51.3. The highest BCUT2D eigenvalue weighted by Crippen LogP contribution is 2.40. The van der Waals surface area contributed by atoms with Gasteiger partial charge in [0, 0.05) is 103 Å². The molecule has 718 valence electrons. The van der Waals surface area contributed by atoms with Crippen molar-refractivity contribution in [3.8, 4) is 63.1 Å². The highest BCUT2D eigenvalue weighted by Gasteiger charge is 2.39. The van der Waals surface area contributed by atoms with Gasteiger partial charge in [-0.05, 0) is 151 Å². The van der Waals surface area contributed by atoms with E-state index in [4.69, 9.17) is 80.7 Å². The summed E-state index contributed by atoms with van der Waals surface area (Å²) in [4.78, 5) is 81.5. The number of pyridine rings is 5. The van der Waals surface area contributed by atoms with Gasteiger partial charge in [0.2, 0.25) is 17.7 Å². The summed E-state index contributed by atoms with van der Waals surface area (Å²) in [5.41, 5.74) is 8.23. The van der Waals surface area contributed by atoms with Gasteiger partial charge >= 0.3 is 23.9 Å². The SMILES string of the molecule is CC(C)(C)[Si](C)(C)OCCCO.CC(C)(C)[Si](C)(C)OCCCOc1cnccc1Br.CCOC(=O)c1coc(-c2ccncc2OCCCO)n1.CCOC(=O)c1coc(-c2ccncc2OCCCOS(C)(=O)=O)n1.CCOC(=O)c1coc(-c2ccncc2OCCCO[Si](C)(C)C(C)(C)C)n1.CCOC(=O)c1cocn1.Cn1cc(N)cn1.Oc1cnccc1Br. The van der Waals surface area contributed by atoms with Gasteiger partial charge in [0.25, 0.3) is 10.1 Å². The molecule has 0 radical (unpaired) electrons. The van der Waals surface area contributed by atoms with E-state index in [1.807, 2.05) is 13.1 Å². The summed E-state index contributed by atoms with van der Waals surface area (Å²) in [6, 6.07) is 8.59. The van der Waals surface area contributed by atoms with Crippen molar-refractivity contribution in [2.45, 2.75) is 177 Å². The number of aromatic nitrogens is 11. The molecule has 0 aliphatic rings. The minimum atomic E-state index is -3.47. The van der Waals surface area contributed by atoms with Gasteiger partial charge in [-0.25, -0.2) is 39.1 Å². The highest BCUT2D eigenvalue weighted by molar-refractivity contribution is 9.11. The smallest absolute Gasteiger partial charge is 0.360 e. The number of aliphatic hydroxyl groups excluding tert-OH is 2. The predicted molar refractivity (Wildman–Crippen MR) is 502 cm³/mol. The van der Waals surface area contributed by atoms with Crippen molar-refractivity contribution in [1.82, 2.24) is 54.6 Å². The molecule has 10 aromatic rings. The number of nitrogen functional groups attached to an aromatic ring is 1. The van der Waals surface area contributed by atoms with Crippen LogP contribution in [0.4, 0.5) is 5.69 Å². The second-order valence-electron chi connectivity index (χ2n) is 32.0. The van der Waals surface area contributed by atoms with Gasteiger partial charge in [-0.1, -0.05) is 62.3 Å². The number of aryl methyl sites for hydroxylation is 1. The molecule has 0 atom stereocenters.